The van der Waals surface area contributed by atoms with Gasteiger partial charge < -0.3 is 8.98 Å². The van der Waals surface area contributed by atoms with E-state index in [-0.39, 0.29) is 5.78 Å². The maximum atomic E-state index is 12.1. The third kappa shape index (κ3) is 3.91. The molecular weight excluding hydrogens is 324 g/mol. The SMILES string of the molecule is CCn1c(SCC(=O)CCc2ccco2)nnc1-c1cccnc1. The maximum Gasteiger partial charge on any atom is 0.191 e. The van der Waals surface area contributed by atoms with Gasteiger partial charge in [0.25, 0.3) is 0 Å². The molecule has 6 nitrogen and oxygen atoms in total. The lowest BCUT2D eigenvalue weighted by Crippen LogP contribution is -2.05. The van der Waals surface area contributed by atoms with E-state index in [0.717, 1.165) is 28.8 Å². The number of rotatable bonds is 8. The molecule has 3 heterocycles. The van der Waals surface area contributed by atoms with Gasteiger partial charge in [-0.05, 0) is 31.2 Å². The van der Waals surface area contributed by atoms with Crippen LogP contribution in [-0.2, 0) is 17.8 Å². The van der Waals surface area contributed by atoms with Gasteiger partial charge in [0.05, 0.1) is 12.0 Å². The zero-order valence-corrected chi connectivity index (χ0v) is 14.2. The van der Waals surface area contributed by atoms with Crippen molar-refractivity contribution in [3.63, 3.8) is 0 Å². The number of aromatic nitrogens is 4. The molecule has 124 valence electrons. The molecule has 0 bridgehead atoms. The first kappa shape index (κ1) is 16.4. The van der Waals surface area contributed by atoms with E-state index >= 15 is 0 Å². The standard InChI is InChI=1S/C17H18N4O2S/c1-2-21-16(13-5-3-9-18-11-13)19-20-17(21)24-12-14(22)7-8-15-6-4-10-23-15/h3-6,9-11H,2,7-8,12H2,1H3. The summed E-state index contributed by atoms with van der Waals surface area (Å²) in [5, 5.41) is 9.22. The van der Waals surface area contributed by atoms with Gasteiger partial charge in [0.15, 0.2) is 11.0 Å². The average Bonchev–Trinajstić information content (AvgIpc) is 3.28. The van der Waals surface area contributed by atoms with E-state index in [1.807, 2.05) is 35.8 Å². The Morgan fingerprint density at radius 1 is 1.29 bits per heavy atom. The molecule has 0 aliphatic heterocycles. The highest BCUT2D eigenvalue weighted by molar-refractivity contribution is 7.99. The number of hydrogen-bond acceptors (Lipinski definition) is 6. The highest BCUT2D eigenvalue weighted by Crippen LogP contribution is 2.23. The molecule has 24 heavy (non-hydrogen) atoms. The van der Waals surface area contributed by atoms with Crippen LogP contribution in [0.15, 0.2) is 52.5 Å². The van der Waals surface area contributed by atoms with Crippen LogP contribution in [-0.4, -0.2) is 31.3 Å². The van der Waals surface area contributed by atoms with Crippen LogP contribution >= 0.6 is 11.8 Å². The van der Waals surface area contributed by atoms with Gasteiger partial charge in [-0.1, -0.05) is 11.8 Å². The lowest BCUT2D eigenvalue weighted by atomic mass is 10.2. The normalized spacial score (nSPS) is 10.9. The van der Waals surface area contributed by atoms with E-state index in [4.69, 9.17) is 4.42 Å². The molecule has 3 aromatic heterocycles. The van der Waals surface area contributed by atoms with Crippen molar-refractivity contribution in [1.29, 1.82) is 0 Å². The molecule has 0 saturated carbocycles. The van der Waals surface area contributed by atoms with Crippen LogP contribution in [0.25, 0.3) is 11.4 Å². The summed E-state index contributed by atoms with van der Waals surface area (Å²) in [6, 6.07) is 7.54. The summed E-state index contributed by atoms with van der Waals surface area (Å²) in [7, 11) is 0. The van der Waals surface area contributed by atoms with Crippen molar-refractivity contribution < 1.29 is 9.21 Å². The number of carbonyl (C=O) groups is 1. The van der Waals surface area contributed by atoms with Crippen LogP contribution in [0.3, 0.4) is 0 Å². The second-order valence-electron chi connectivity index (χ2n) is 5.20. The number of furan rings is 1. The molecule has 0 radical (unpaired) electrons. The van der Waals surface area contributed by atoms with Gasteiger partial charge in [-0.25, -0.2) is 0 Å². The Labute approximate surface area is 144 Å². The van der Waals surface area contributed by atoms with Gasteiger partial charge in [0, 0.05) is 37.3 Å². The van der Waals surface area contributed by atoms with Crippen molar-refractivity contribution in [2.45, 2.75) is 31.5 Å². The van der Waals surface area contributed by atoms with Crippen LogP contribution in [0.1, 0.15) is 19.1 Å². The van der Waals surface area contributed by atoms with E-state index in [9.17, 15) is 4.79 Å². The number of thioether (sulfide) groups is 1. The molecule has 7 heteroatoms. The number of Topliss-reactive ketones (excluding diaryl/α,β-unsaturated/α-hetero) is 1. The van der Waals surface area contributed by atoms with Crippen LogP contribution in [0.5, 0.6) is 0 Å². The number of pyridine rings is 1. The molecular formula is C17H18N4O2S. The van der Waals surface area contributed by atoms with E-state index in [0.29, 0.717) is 18.6 Å². The fraction of sp³-hybridized carbons (Fsp3) is 0.294. The summed E-state index contributed by atoms with van der Waals surface area (Å²) in [4.78, 5) is 16.2. The Morgan fingerprint density at radius 3 is 2.92 bits per heavy atom. The van der Waals surface area contributed by atoms with Gasteiger partial charge in [0.1, 0.15) is 11.5 Å². The fourth-order valence-corrected chi connectivity index (χ4v) is 3.23. The summed E-state index contributed by atoms with van der Waals surface area (Å²) >= 11 is 1.42. The Morgan fingerprint density at radius 2 is 2.21 bits per heavy atom. The largest absolute Gasteiger partial charge is 0.469 e. The molecule has 0 amide bonds. The number of carbonyl (C=O) groups excluding carboxylic acids is 1. The van der Waals surface area contributed by atoms with E-state index < -0.39 is 0 Å². The molecule has 3 rings (SSSR count). The summed E-state index contributed by atoms with van der Waals surface area (Å²) in [6.45, 7) is 2.77. The van der Waals surface area contributed by atoms with Crippen LogP contribution < -0.4 is 0 Å². The summed E-state index contributed by atoms with van der Waals surface area (Å²) in [6.07, 6.45) is 6.21. The lowest BCUT2D eigenvalue weighted by molar-refractivity contribution is -0.116. The second-order valence-corrected chi connectivity index (χ2v) is 6.14. The minimum absolute atomic E-state index is 0.171. The molecule has 0 spiro atoms. The van der Waals surface area contributed by atoms with E-state index in [1.165, 1.54) is 11.8 Å². The molecule has 0 aliphatic rings. The monoisotopic (exact) mass is 342 g/mol. The first-order chi connectivity index (χ1) is 11.8. The van der Waals surface area contributed by atoms with Crippen molar-refractivity contribution in [3.05, 3.63) is 48.7 Å². The number of hydrogen-bond donors (Lipinski definition) is 0. The molecule has 0 unspecified atom stereocenters. The number of nitrogens with zero attached hydrogens (tertiary/aromatic N) is 4. The molecule has 3 aromatic rings. The Bertz CT molecular complexity index is 784. The predicted molar refractivity (Wildman–Crippen MR) is 91.7 cm³/mol. The zero-order valence-electron chi connectivity index (χ0n) is 13.4. The van der Waals surface area contributed by atoms with Crippen LogP contribution in [0.4, 0.5) is 0 Å². The van der Waals surface area contributed by atoms with Gasteiger partial charge >= 0.3 is 0 Å². The van der Waals surface area contributed by atoms with Gasteiger partial charge in [-0.3, -0.25) is 9.78 Å². The zero-order chi connectivity index (χ0) is 16.8. The first-order valence-electron chi connectivity index (χ1n) is 7.78. The van der Waals surface area contributed by atoms with Gasteiger partial charge in [-0.15, -0.1) is 10.2 Å². The second kappa shape index (κ2) is 7.92. The minimum atomic E-state index is 0.171. The Balaban J connectivity index is 1.61. The van der Waals surface area contributed by atoms with E-state index in [1.54, 1.807) is 18.7 Å². The van der Waals surface area contributed by atoms with Crippen molar-refractivity contribution in [1.82, 2.24) is 19.7 Å². The predicted octanol–water partition coefficient (Wildman–Crippen LogP) is 3.25. The molecule has 0 aromatic carbocycles. The summed E-state index contributed by atoms with van der Waals surface area (Å²) in [5.41, 5.74) is 0.919. The van der Waals surface area contributed by atoms with Crippen molar-refractivity contribution in [3.8, 4) is 11.4 Å². The molecule has 0 atom stereocenters. The Hall–Kier alpha value is -2.41. The van der Waals surface area contributed by atoms with Gasteiger partial charge in [0.2, 0.25) is 0 Å². The quantitative estimate of drug-likeness (QED) is 0.585. The Kier molecular flexibility index (Phi) is 5.43. The molecule has 0 fully saturated rings. The smallest absolute Gasteiger partial charge is 0.191 e. The molecule has 0 aliphatic carbocycles. The number of aryl methyl sites for hydroxylation is 1. The summed E-state index contributed by atoms with van der Waals surface area (Å²) in [5.74, 6) is 2.16. The minimum Gasteiger partial charge on any atom is -0.469 e. The third-order valence-corrected chi connectivity index (χ3v) is 4.57. The van der Waals surface area contributed by atoms with Crippen molar-refractivity contribution in [2.75, 3.05) is 5.75 Å². The topological polar surface area (TPSA) is 73.8 Å². The first-order valence-corrected chi connectivity index (χ1v) is 8.77. The van der Waals surface area contributed by atoms with E-state index in [2.05, 4.69) is 15.2 Å². The molecule has 0 saturated heterocycles. The van der Waals surface area contributed by atoms with Gasteiger partial charge in [-0.2, -0.15) is 0 Å². The fourth-order valence-electron chi connectivity index (χ4n) is 2.32. The highest BCUT2D eigenvalue weighted by Gasteiger charge is 2.14. The molecule has 0 N–H and O–H groups in total. The van der Waals surface area contributed by atoms with Crippen molar-refractivity contribution in [2.24, 2.45) is 0 Å². The number of ketones is 1. The lowest BCUT2D eigenvalue weighted by Gasteiger charge is -2.06. The average molecular weight is 342 g/mol. The van der Waals surface area contributed by atoms with Crippen LogP contribution in [0, 0.1) is 0 Å². The third-order valence-electron chi connectivity index (χ3n) is 3.55. The summed E-state index contributed by atoms with van der Waals surface area (Å²) < 4.78 is 7.25. The maximum absolute atomic E-state index is 12.1. The highest BCUT2D eigenvalue weighted by atomic mass is 32.2. The van der Waals surface area contributed by atoms with Crippen LogP contribution in [0.2, 0.25) is 0 Å². The van der Waals surface area contributed by atoms with Crippen molar-refractivity contribution >= 4 is 17.5 Å².